The van der Waals surface area contributed by atoms with Crippen molar-refractivity contribution in [2.24, 2.45) is 0 Å². The molecule has 0 unspecified atom stereocenters. The van der Waals surface area contributed by atoms with E-state index in [0.717, 1.165) is 31.5 Å². The molecule has 0 saturated heterocycles. The number of hydrazine groups is 1. The first-order chi connectivity index (χ1) is 8.23. The Balaban J connectivity index is 2.09. The van der Waals surface area contributed by atoms with Gasteiger partial charge < -0.3 is 0 Å². The molecule has 0 aromatic heterocycles. The van der Waals surface area contributed by atoms with Gasteiger partial charge in [0, 0.05) is 13.1 Å². The largest absolute Gasteiger partial charge is 0.288 e. The molecule has 0 heterocycles. The zero-order valence-corrected chi connectivity index (χ0v) is 10.6. The van der Waals surface area contributed by atoms with Crippen molar-refractivity contribution >= 4 is 5.91 Å². The van der Waals surface area contributed by atoms with Gasteiger partial charge in [0.25, 0.3) is 0 Å². The van der Waals surface area contributed by atoms with Gasteiger partial charge >= 0.3 is 0 Å². The molecule has 0 radical (unpaired) electrons. The molecule has 1 N–H and O–H groups in total. The summed E-state index contributed by atoms with van der Waals surface area (Å²) in [7, 11) is 0. The minimum atomic E-state index is -0.260. The Hall–Kier alpha value is -1.35. The fourth-order valence-electron chi connectivity index (χ4n) is 2.16. The quantitative estimate of drug-likeness (QED) is 0.788. The van der Waals surface area contributed by atoms with Crippen LogP contribution < -0.4 is 5.43 Å². The van der Waals surface area contributed by atoms with Crippen molar-refractivity contribution < 1.29 is 4.79 Å². The zero-order chi connectivity index (χ0) is 12.3. The first kappa shape index (κ1) is 12.1. The molecule has 3 heteroatoms. The van der Waals surface area contributed by atoms with Crippen LogP contribution in [0, 0.1) is 0 Å². The third kappa shape index (κ3) is 2.34. The van der Waals surface area contributed by atoms with Crippen molar-refractivity contribution in [3.63, 3.8) is 0 Å². The number of nitrogens with one attached hydrogen (secondary N) is 1. The van der Waals surface area contributed by atoms with E-state index in [1.54, 1.807) is 0 Å². The van der Waals surface area contributed by atoms with Crippen LogP contribution in [0.25, 0.3) is 0 Å². The lowest BCUT2D eigenvalue weighted by Gasteiger charge is -2.23. The minimum Gasteiger partial charge on any atom is -0.288 e. The Morgan fingerprint density at radius 2 is 1.82 bits per heavy atom. The molecule has 1 aliphatic rings. The highest BCUT2D eigenvalue weighted by Gasteiger charge is 2.51. The van der Waals surface area contributed by atoms with E-state index in [1.807, 2.05) is 37.1 Å². The number of hydrogen-bond acceptors (Lipinski definition) is 2. The molecule has 0 bridgehead atoms. The van der Waals surface area contributed by atoms with Gasteiger partial charge in [-0.15, -0.1) is 0 Å². The fraction of sp³-hybridized carbons (Fsp3) is 0.500. The maximum Gasteiger partial charge on any atom is 0.244 e. The average molecular weight is 232 g/mol. The molecule has 17 heavy (non-hydrogen) atoms. The maximum absolute atomic E-state index is 12.3. The van der Waals surface area contributed by atoms with Gasteiger partial charge in [-0.25, -0.2) is 5.01 Å². The summed E-state index contributed by atoms with van der Waals surface area (Å²) in [5, 5.41) is 1.95. The Morgan fingerprint density at radius 1 is 1.24 bits per heavy atom. The smallest absolute Gasteiger partial charge is 0.244 e. The molecule has 1 aromatic rings. The minimum absolute atomic E-state index is 0.146. The summed E-state index contributed by atoms with van der Waals surface area (Å²) >= 11 is 0. The zero-order valence-electron chi connectivity index (χ0n) is 10.6. The van der Waals surface area contributed by atoms with Gasteiger partial charge in [-0.1, -0.05) is 44.2 Å². The van der Waals surface area contributed by atoms with Crippen molar-refractivity contribution in [3.8, 4) is 0 Å². The van der Waals surface area contributed by atoms with Crippen LogP contribution >= 0.6 is 0 Å². The third-order valence-corrected chi connectivity index (χ3v) is 3.53. The van der Waals surface area contributed by atoms with E-state index in [4.69, 9.17) is 0 Å². The van der Waals surface area contributed by atoms with Crippen LogP contribution in [0.15, 0.2) is 30.3 Å². The molecule has 1 saturated carbocycles. The van der Waals surface area contributed by atoms with Gasteiger partial charge in [-0.2, -0.15) is 0 Å². The molecule has 0 atom stereocenters. The summed E-state index contributed by atoms with van der Waals surface area (Å²) in [6.45, 7) is 5.78. The molecular formula is C14H20N2O. The second-order valence-corrected chi connectivity index (χ2v) is 4.56. The number of nitrogens with zero attached hydrogens (tertiary/aromatic N) is 1. The van der Waals surface area contributed by atoms with Crippen LogP contribution in [0.1, 0.15) is 32.3 Å². The fourth-order valence-corrected chi connectivity index (χ4v) is 2.16. The highest BCUT2D eigenvalue weighted by molar-refractivity contribution is 5.90. The summed E-state index contributed by atoms with van der Waals surface area (Å²) in [6.07, 6.45) is 1.92. The van der Waals surface area contributed by atoms with Crippen molar-refractivity contribution in [2.75, 3.05) is 13.1 Å². The molecule has 1 aliphatic carbocycles. The standard InChI is InChI=1S/C14H20N2O/c1-3-16(4-2)15-13(17)14(10-11-14)12-8-6-5-7-9-12/h5-9H,3-4,10-11H2,1-2H3,(H,15,17). The second-order valence-electron chi connectivity index (χ2n) is 4.56. The lowest BCUT2D eigenvalue weighted by Crippen LogP contribution is -2.46. The van der Waals surface area contributed by atoms with Crippen LogP contribution in [0.3, 0.4) is 0 Å². The van der Waals surface area contributed by atoms with Crippen molar-refractivity contribution in [1.29, 1.82) is 0 Å². The lowest BCUT2D eigenvalue weighted by molar-refractivity contribution is -0.128. The van der Waals surface area contributed by atoms with Gasteiger partial charge in [-0.3, -0.25) is 10.2 Å². The first-order valence-electron chi connectivity index (χ1n) is 6.34. The Labute approximate surface area is 103 Å². The molecule has 1 aromatic carbocycles. The van der Waals surface area contributed by atoms with E-state index in [-0.39, 0.29) is 11.3 Å². The Bertz CT molecular complexity index is 380. The van der Waals surface area contributed by atoms with Crippen LogP contribution in [-0.4, -0.2) is 24.0 Å². The van der Waals surface area contributed by atoms with Gasteiger partial charge in [0.2, 0.25) is 5.91 Å². The van der Waals surface area contributed by atoms with Gasteiger partial charge in [0.15, 0.2) is 0 Å². The molecule has 0 spiro atoms. The molecule has 1 fully saturated rings. The molecule has 0 aliphatic heterocycles. The van der Waals surface area contributed by atoms with Crippen molar-refractivity contribution in [3.05, 3.63) is 35.9 Å². The Morgan fingerprint density at radius 3 is 2.29 bits per heavy atom. The summed E-state index contributed by atoms with van der Waals surface area (Å²) in [5.74, 6) is 0.146. The van der Waals surface area contributed by atoms with Gasteiger partial charge in [-0.05, 0) is 18.4 Å². The van der Waals surface area contributed by atoms with E-state index in [2.05, 4.69) is 17.6 Å². The highest BCUT2D eigenvalue weighted by atomic mass is 16.2. The molecule has 92 valence electrons. The number of hydrogen-bond donors (Lipinski definition) is 1. The van der Waals surface area contributed by atoms with E-state index in [0.29, 0.717) is 0 Å². The third-order valence-electron chi connectivity index (χ3n) is 3.53. The van der Waals surface area contributed by atoms with Crippen LogP contribution in [-0.2, 0) is 10.2 Å². The maximum atomic E-state index is 12.3. The van der Waals surface area contributed by atoms with Crippen molar-refractivity contribution in [2.45, 2.75) is 32.1 Å². The number of carbonyl (C=O) groups excluding carboxylic acids is 1. The van der Waals surface area contributed by atoms with Gasteiger partial charge in [0.1, 0.15) is 0 Å². The number of carbonyl (C=O) groups is 1. The topological polar surface area (TPSA) is 32.3 Å². The predicted molar refractivity (Wildman–Crippen MR) is 68.4 cm³/mol. The van der Waals surface area contributed by atoms with Crippen LogP contribution in [0.2, 0.25) is 0 Å². The van der Waals surface area contributed by atoms with Crippen molar-refractivity contribution in [1.82, 2.24) is 10.4 Å². The van der Waals surface area contributed by atoms with E-state index in [1.165, 1.54) is 0 Å². The molecule has 3 nitrogen and oxygen atoms in total. The molecule has 1 amide bonds. The van der Waals surface area contributed by atoms with Crippen LogP contribution in [0.4, 0.5) is 0 Å². The first-order valence-corrected chi connectivity index (χ1v) is 6.34. The predicted octanol–water partition coefficient (Wildman–Crippen LogP) is 2.09. The highest BCUT2D eigenvalue weighted by Crippen LogP contribution is 2.48. The second kappa shape index (κ2) is 4.88. The molecular weight excluding hydrogens is 212 g/mol. The number of benzene rings is 1. The van der Waals surface area contributed by atoms with E-state index in [9.17, 15) is 4.79 Å². The monoisotopic (exact) mass is 232 g/mol. The summed E-state index contributed by atoms with van der Waals surface area (Å²) < 4.78 is 0. The van der Waals surface area contributed by atoms with Gasteiger partial charge in [0.05, 0.1) is 5.41 Å². The lowest BCUT2D eigenvalue weighted by atomic mass is 9.95. The Kier molecular flexibility index (Phi) is 3.48. The van der Waals surface area contributed by atoms with E-state index >= 15 is 0 Å². The summed E-state index contributed by atoms with van der Waals surface area (Å²) in [6, 6.07) is 10.1. The van der Waals surface area contributed by atoms with Crippen LogP contribution in [0.5, 0.6) is 0 Å². The number of amides is 1. The SMILES string of the molecule is CCN(CC)NC(=O)C1(c2ccccc2)CC1. The number of rotatable bonds is 5. The summed E-state index contributed by atoms with van der Waals surface area (Å²) in [5.41, 5.74) is 3.90. The normalized spacial score (nSPS) is 16.9. The van der Waals surface area contributed by atoms with E-state index < -0.39 is 0 Å². The molecule has 2 rings (SSSR count). The average Bonchev–Trinajstić information content (AvgIpc) is 3.18. The summed E-state index contributed by atoms with van der Waals surface area (Å²) in [4.78, 5) is 12.3.